The maximum atomic E-state index is 10.5. The van der Waals surface area contributed by atoms with Gasteiger partial charge in [0.1, 0.15) is 5.69 Å². The lowest BCUT2D eigenvalue weighted by molar-refractivity contribution is 0.0690. The van der Waals surface area contributed by atoms with E-state index < -0.39 is 5.97 Å². The van der Waals surface area contributed by atoms with Gasteiger partial charge in [0.25, 0.3) is 0 Å². The molecule has 5 heteroatoms. The van der Waals surface area contributed by atoms with Gasteiger partial charge in [-0.3, -0.25) is 0 Å². The van der Waals surface area contributed by atoms with Gasteiger partial charge in [-0.2, -0.15) is 0 Å². The van der Waals surface area contributed by atoms with Gasteiger partial charge < -0.3 is 9.67 Å². The molecule has 5 nitrogen and oxygen atoms in total. The molecule has 0 amide bonds. The van der Waals surface area contributed by atoms with Gasteiger partial charge in [-0.05, 0) is 12.1 Å². The van der Waals surface area contributed by atoms with Crippen molar-refractivity contribution in [2.45, 2.75) is 0 Å². The highest BCUT2D eigenvalue weighted by atomic mass is 16.4. The first-order valence-corrected chi connectivity index (χ1v) is 3.95. The number of aromatic nitrogens is 3. The number of carboxylic acid groups (broad SMARTS) is 1. The number of hydrogen-bond acceptors (Lipinski definition) is 3. The van der Waals surface area contributed by atoms with Gasteiger partial charge in [0, 0.05) is 12.4 Å². The predicted octanol–water partition coefficient (Wildman–Crippen LogP) is 0.965. The maximum absolute atomic E-state index is 10.5. The lowest BCUT2D eigenvalue weighted by atomic mass is 10.3. The Hall–Kier alpha value is -2.17. The quantitative estimate of drug-likeness (QED) is 0.764. The first-order chi connectivity index (χ1) is 6.77. The van der Waals surface area contributed by atoms with Gasteiger partial charge in [-0.15, -0.1) is 0 Å². The Morgan fingerprint density at radius 1 is 1.43 bits per heavy atom. The van der Waals surface area contributed by atoms with E-state index in [0.717, 1.165) is 5.69 Å². The number of imidazole rings is 1. The van der Waals surface area contributed by atoms with Crippen molar-refractivity contribution in [1.82, 2.24) is 14.5 Å². The maximum Gasteiger partial charge on any atom is 0.354 e. The van der Waals surface area contributed by atoms with Crippen molar-refractivity contribution in [2.75, 3.05) is 0 Å². The number of carboxylic acids is 1. The SMILES string of the molecule is O=C(O)c1ccc(-n2ccnc2)cn1. The predicted molar refractivity (Wildman–Crippen MR) is 48.3 cm³/mol. The molecule has 0 unspecified atom stereocenters. The number of nitrogens with zero attached hydrogens (tertiary/aromatic N) is 3. The number of pyridine rings is 1. The summed E-state index contributed by atoms with van der Waals surface area (Å²) in [7, 11) is 0. The lowest BCUT2D eigenvalue weighted by Crippen LogP contribution is -2.00. The molecule has 0 spiro atoms. The Labute approximate surface area is 79.7 Å². The molecule has 0 aliphatic carbocycles. The fraction of sp³-hybridized carbons (Fsp3) is 0. The van der Waals surface area contributed by atoms with Crippen LogP contribution in [0, 0.1) is 0 Å². The van der Waals surface area contributed by atoms with Crippen molar-refractivity contribution in [3.63, 3.8) is 0 Å². The van der Waals surface area contributed by atoms with Crippen LogP contribution in [0.2, 0.25) is 0 Å². The van der Waals surface area contributed by atoms with Crippen molar-refractivity contribution in [3.8, 4) is 5.69 Å². The minimum atomic E-state index is -1.03. The topological polar surface area (TPSA) is 68.0 Å². The van der Waals surface area contributed by atoms with Crippen molar-refractivity contribution in [3.05, 3.63) is 42.7 Å². The molecule has 0 saturated heterocycles. The molecule has 2 rings (SSSR count). The van der Waals surface area contributed by atoms with Crippen LogP contribution < -0.4 is 0 Å². The number of carbonyl (C=O) groups is 1. The van der Waals surface area contributed by atoms with Crippen LogP contribution in [0.3, 0.4) is 0 Å². The van der Waals surface area contributed by atoms with Crippen LogP contribution in [0.1, 0.15) is 10.5 Å². The van der Waals surface area contributed by atoms with E-state index in [1.54, 1.807) is 29.4 Å². The summed E-state index contributed by atoms with van der Waals surface area (Å²) in [5.74, 6) is -1.03. The smallest absolute Gasteiger partial charge is 0.354 e. The molecule has 2 aromatic heterocycles. The molecule has 0 fully saturated rings. The van der Waals surface area contributed by atoms with Crippen LogP contribution in [0.25, 0.3) is 5.69 Å². The summed E-state index contributed by atoms with van der Waals surface area (Å²) in [5, 5.41) is 8.62. The van der Waals surface area contributed by atoms with Crippen molar-refractivity contribution < 1.29 is 9.90 Å². The second kappa shape index (κ2) is 3.29. The van der Waals surface area contributed by atoms with Gasteiger partial charge >= 0.3 is 5.97 Å². The second-order valence-corrected chi connectivity index (χ2v) is 2.68. The summed E-state index contributed by atoms with van der Waals surface area (Å²) >= 11 is 0. The average Bonchev–Trinajstić information content (AvgIpc) is 2.71. The normalized spacial score (nSPS) is 10.0. The summed E-state index contributed by atoms with van der Waals surface area (Å²) in [4.78, 5) is 18.2. The minimum absolute atomic E-state index is 0.0360. The second-order valence-electron chi connectivity index (χ2n) is 2.68. The van der Waals surface area contributed by atoms with E-state index >= 15 is 0 Å². The first-order valence-electron chi connectivity index (χ1n) is 3.95. The van der Waals surface area contributed by atoms with E-state index in [1.807, 2.05) is 0 Å². The summed E-state index contributed by atoms with van der Waals surface area (Å²) in [6, 6.07) is 3.13. The third-order valence-corrected chi connectivity index (χ3v) is 1.77. The highest BCUT2D eigenvalue weighted by Crippen LogP contribution is 2.05. The largest absolute Gasteiger partial charge is 0.477 e. The molecule has 0 saturated carbocycles. The summed E-state index contributed by atoms with van der Waals surface area (Å²) < 4.78 is 1.75. The van der Waals surface area contributed by atoms with Crippen LogP contribution in [0.5, 0.6) is 0 Å². The van der Waals surface area contributed by atoms with Crippen molar-refractivity contribution in [2.24, 2.45) is 0 Å². The molecule has 0 bridgehead atoms. The molecule has 0 aliphatic rings. The van der Waals surface area contributed by atoms with E-state index in [9.17, 15) is 4.79 Å². The van der Waals surface area contributed by atoms with E-state index in [1.165, 1.54) is 12.3 Å². The van der Waals surface area contributed by atoms with E-state index in [4.69, 9.17) is 5.11 Å². The van der Waals surface area contributed by atoms with Gasteiger partial charge in [0.2, 0.25) is 0 Å². The lowest BCUT2D eigenvalue weighted by Gasteiger charge is -2.00. The number of aromatic carboxylic acids is 1. The highest BCUT2D eigenvalue weighted by Gasteiger charge is 2.03. The molecule has 0 aromatic carbocycles. The van der Waals surface area contributed by atoms with Crippen LogP contribution in [-0.4, -0.2) is 25.6 Å². The third kappa shape index (κ3) is 1.47. The van der Waals surface area contributed by atoms with Gasteiger partial charge in [-0.25, -0.2) is 14.8 Å². The van der Waals surface area contributed by atoms with E-state index in [0.29, 0.717) is 0 Å². The molecule has 0 atom stereocenters. The fourth-order valence-electron chi connectivity index (χ4n) is 1.08. The minimum Gasteiger partial charge on any atom is -0.477 e. The zero-order valence-electron chi connectivity index (χ0n) is 7.16. The van der Waals surface area contributed by atoms with Crippen LogP contribution in [0.4, 0.5) is 0 Å². The summed E-state index contributed by atoms with van der Waals surface area (Å²) in [6.07, 6.45) is 6.52. The van der Waals surface area contributed by atoms with Crippen molar-refractivity contribution >= 4 is 5.97 Å². The molecule has 2 aromatic rings. The van der Waals surface area contributed by atoms with Gasteiger partial charge in [-0.1, -0.05) is 0 Å². The molecular weight excluding hydrogens is 182 g/mol. The monoisotopic (exact) mass is 189 g/mol. The Morgan fingerprint density at radius 3 is 2.79 bits per heavy atom. The molecule has 0 radical (unpaired) electrons. The van der Waals surface area contributed by atoms with E-state index in [2.05, 4.69) is 9.97 Å². The zero-order valence-corrected chi connectivity index (χ0v) is 7.16. The summed E-state index contributed by atoms with van der Waals surface area (Å²) in [5.41, 5.74) is 0.821. The van der Waals surface area contributed by atoms with Crippen LogP contribution in [0.15, 0.2) is 37.1 Å². The number of hydrogen-bond donors (Lipinski definition) is 1. The molecule has 0 aliphatic heterocycles. The Bertz CT molecular complexity index is 434. The average molecular weight is 189 g/mol. The van der Waals surface area contributed by atoms with Gasteiger partial charge in [0.15, 0.2) is 0 Å². The first kappa shape index (κ1) is 8.43. The number of rotatable bonds is 2. The van der Waals surface area contributed by atoms with E-state index in [-0.39, 0.29) is 5.69 Å². The Morgan fingerprint density at radius 2 is 2.29 bits per heavy atom. The zero-order chi connectivity index (χ0) is 9.97. The molecule has 14 heavy (non-hydrogen) atoms. The molecular formula is C9H7N3O2. The highest BCUT2D eigenvalue weighted by molar-refractivity contribution is 5.85. The molecule has 2 heterocycles. The van der Waals surface area contributed by atoms with Crippen LogP contribution in [-0.2, 0) is 0 Å². The summed E-state index contributed by atoms with van der Waals surface area (Å²) in [6.45, 7) is 0. The Balaban J connectivity index is 2.36. The Kier molecular flexibility index (Phi) is 1.98. The third-order valence-electron chi connectivity index (χ3n) is 1.77. The molecule has 70 valence electrons. The van der Waals surface area contributed by atoms with Crippen molar-refractivity contribution in [1.29, 1.82) is 0 Å². The standard InChI is InChI=1S/C9H7N3O2/c13-9(14)8-2-1-7(5-11-8)12-4-3-10-6-12/h1-6H,(H,13,14). The van der Waals surface area contributed by atoms with Crippen LogP contribution >= 0.6 is 0 Å². The van der Waals surface area contributed by atoms with Gasteiger partial charge in [0.05, 0.1) is 18.2 Å². The molecule has 1 N–H and O–H groups in total. The fourth-order valence-corrected chi connectivity index (χ4v) is 1.08.